The topological polar surface area (TPSA) is 12.0 Å². The summed E-state index contributed by atoms with van der Waals surface area (Å²) in [6, 6.07) is 11.8. The number of hydrogen-bond donors (Lipinski definition) is 1. The number of rotatable bonds is 10. The maximum Gasteiger partial charge on any atom is 0.131 e. The maximum atomic E-state index is 14.6. The van der Waals surface area contributed by atoms with Crippen LogP contribution in [0.15, 0.2) is 67.4 Å². The van der Waals surface area contributed by atoms with Gasteiger partial charge in [-0.3, -0.25) is 0 Å². The standard InChI is InChI=1S/C27H34FN/c1-7-10-21-16-23(20(5)15-22(9-3)27(29-6)11-8-2)18-24(17-21)25-13-12-19(4)14-26(25)28/h8,11-14,16-18,22,29H,2,5,7,9-10,15H2,1,3-4,6H3/b27-11-. The summed E-state index contributed by atoms with van der Waals surface area (Å²) < 4.78 is 14.6. The summed E-state index contributed by atoms with van der Waals surface area (Å²) in [6.07, 6.45) is 7.72. The predicted octanol–water partition coefficient (Wildman–Crippen LogP) is 7.47. The molecule has 1 nitrogen and oxygen atoms in total. The highest BCUT2D eigenvalue weighted by atomic mass is 19.1. The Bertz CT molecular complexity index is 891. The lowest BCUT2D eigenvalue weighted by atomic mass is 9.88. The molecule has 0 aliphatic carbocycles. The molecule has 154 valence electrons. The monoisotopic (exact) mass is 391 g/mol. The first-order valence-corrected chi connectivity index (χ1v) is 10.5. The molecule has 0 heterocycles. The molecule has 0 fully saturated rings. The molecule has 0 aliphatic rings. The molecule has 1 unspecified atom stereocenters. The number of halogens is 1. The van der Waals surface area contributed by atoms with Crippen LogP contribution >= 0.6 is 0 Å². The smallest absolute Gasteiger partial charge is 0.131 e. The van der Waals surface area contributed by atoms with E-state index in [1.165, 1.54) is 5.56 Å². The fourth-order valence-corrected chi connectivity index (χ4v) is 3.78. The number of allylic oxidation sites excluding steroid dienone is 4. The molecule has 2 rings (SSSR count). The Morgan fingerprint density at radius 3 is 2.52 bits per heavy atom. The van der Waals surface area contributed by atoms with Gasteiger partial charge in [-0.15, -0.1) is 0 Å². The molecule has 1 N–H and O–H groups in total. The average Bonchev–Trinajstić information content (AvgIpc) is 2.70. The van der Waals surface area contributed by atoms with Crippen LogP contribution in [0.2, 0.25) is 0 Å². The molecular formula is C27H34FN. The van der Waals surface area contributed by atoms with Gasteiger partial charge in [-0.2, -0.15) is 0 Å². The second-order valence-electron chi connectivity index (χ2n) is 7.67. The van der Waals surface area contributed by atoms with Gasteiger partial charge in [-0.05, 0) is 72.2 Å². The SMILES string of the molecule is C=C/C=C(\NC)C(CC)CC(=C)c1cc(CCC)cc(-c2ccc(C)cc2F)c1. The van der Waals surface area contributed by atoms with Crippen molar-refractivity contribution < 1.29 is 4.39 Å². The second kappa shape index (κ2) is 10.8. The Kier molecular flexibility index (Phi) is 8.45. The third-order valence-electron chi connectivity index (χ3n) is 5.39. The molecular weight excluding hydrogens is 357 g/mol. The van der Waals surface area contributed by atoms with Crippen molar-refractivity contribution in [2.45, 2.75) is 46.5 Å². The van der Waals surface area contributed by atoms with Gasteiger partial charge in [0.2, 0.25) is 0 Å². The van der Waals surface area contributed by atoms with Crippen LogP contribution < -0.4 is 5.32 Å². The van der Waals surface area contributed by atoms with Gasteiger partial charge in [-0.25, -0.2) is 4.39 Å². The first-order valence-electron chi connectivity index (χ1n) is 10.5. The van der Waals surface area contributed by atoms with Crippen molar-refractivity contribution in [3.05, 3.63) is 89.9 Å². The fourth-order valence-electron chi connectivity index (χ4n) is 3.78. The van der Waals surface area contributed by atoms with Crippen molar-refractivity contribution in [3.63, 3.8) is 0 Å². The molecule has 0 amide bonds. The van der Waals surface area contributed by atoms with Crippen molar-refractivity contribution in [2.75, 3.05) is 7.05 Å². The Morgan fingerprint density at radius 1 is 1.17 bits per heavy atom. The highest BCUT2D eigenvalue weighted by Crippen LogP contribution is 2.32. The van der Waals surface area contributed by atoms with Crippen molar-refractivity contribution in [1.82, 2.24) is 5.32 Å². The van der Waals surface area contributed by atoms with E-state index in [9.17, 15) is 4.39 Å². The summed E-state index contributed by atoms with van der Waals surface area (Å²) in [7, 11) is 1.95. The van der Waals surface area contributed by atoms with E-state index in [4.69, 9.17) is 0 Å². The van der Waals surface area contributed by atoms with Gasteiger partial charge in [0, 0.05) is 24.2 Å². The normalized spacial score (nSPS) is 12.5. The van der Waals surface area contributed by atoms with E-state index >= 15 is 0 Å². The van der Waals surface area contributed by atoms with E-state index in [-0.39, 0.29) is 5.82 Å². The quantitative estimate of drug-likeness (QED) is 0.414. The summed E-state index contributed by atoms with van der Waals surface area (Å²) in [5.74, 6) is 0.174. The van der Waals surface area contributed by atoms with Crippen LogP contribution in [-0.4, -0.2) is 7.05 Å². The minimum atomic E-state index is -0.173. The molecule has 0 saturated heterocycles. The van der Waals surface area contributed by atoms with E-state index < -0.39 is 0 Å². The lowest BCUT2D eigenvalue weighted by molar-refractivity contribution is 0.573. The summed E-state index contributed by atoms with van der Waals surface area (Å²) in [5, 5.41) is 3.29. The van der Waals surface area contributed by atoms with Crippen LogP contribution in [0.25, 0.3) is 16.7 Å². The molecule has 0 spiro atoms. The summed E-state index contributed by atoms with van der Waals surface area (Å²) >= 11 is 0. The molecule has 0 radical (unpaired) electrons. The molecule has 2 aromatic carbocycles. The minimum Gasteiger partial charge on any atom is -0.391 e. The third-order valence-corrected chi connectivity index (χ3v) is 5.39. The molecule has 0 aliphatic heterocycles. The van der Waals surface area contributed by atoms with Crippen LogP contribution in [0.4, 0.5) is 4.39 Å². The van der Waals surface area contributed by atoms with E-state index in [1.807, 2.05) is 38.3 Å². The van der Waals surface area contributed by atoms with Crippen LogP contribution in [0, 0.1) is 18.7 Å². The Labute approximate surface area is 176 Å². The third kappa shape index (κ3) is 5.93. The van der Waals surface area contributed by atoms with E-state index in [2.05, 4.69) is 50.5 Å². The van der Waals surface area contributed by atoms with Crippen molar-refractivity contribution in [1.29, 1.82) is 0 Å². The summed E-state index contributed by atoms with van der Waals surface area (Å²) in [5.41, 5.74) is 7.07. The van der Waals surface area contributed by atoms with Crippen LogP contribution in [-0.2, 0) is 6.42 Å². The van der Waals surface area contributed by atoms with Crippen LogP contribution in [0.1, 0.15) is 49.8 Å². The highest BCUT2D eigenvalue weighted by molar-refractivity contribution is 5.73. The van der Waals surface area contributed by atoms with Gasteiger partial charge in [-0.1, -0.05) is 63.8 Å². The first kappa shape index (κ1) is 22.7. The Hall–Kier alpha value is -2.61. The van der Waals surface area contributed by atoms with Gasteiger partial charge in [0.1, 0.15) is 5.82 Å². The highest BCUT2D eigenvalue weighted by Gasteiger charge is 2.15. The molecule has 2 heteroatoms. The molecule has 0 bridgehead atoms. The van der Waals surface area contributed by atoms with Gasteiger partial charge in [0.25, 0.3) is 0 Å². The molecule has 0 saturated carbocycles. The largest absolute Gasteiger partial charge is 0.391 e. The van der Waals surface area contributed by atoms with E-state index in [1.54, 1.807) is 6.07 Å². The molecule has 0 aromatic heterocycles. The molecule has 2 aromatic rings. The number of aryl methyl sites for hydroxylation is 2. The molecule has 1 atom stereocenters. The van der Waals surface area contributed by atoms with Gasteiger partial charge in [0.05, 0.1) is 0 Å². The van der Waals surface area contributed by atoms with Crippen molar-refractivity contribution in [2.24, 2.45) is 5.92 Å². The second-order valence-corrected chi connectivity index (χ2v) is 7.67. The van der Waals surface area contributed by atoms with Gasteiger partial charge >= 0.3 is 0 Å². The Balaban J connectivity index is 2.43. The summed E-state index contributed by atoms with van der Waals surface area (Å²) in [4.78, 5) is 0. The Morgan fingerprint density at radius 2 is 1.93 bits per heavy atom. The number of benzene rings is 2. The van der Waals surface area contributed by atoms with Gasteiger partial charge < -0.3 is 5.32 Å². The average molecular weight is 392 g/mol. The first-order chi connectivity index (χ1) is 13.9. The van der Waals surface area contributed by atoms with Crippen molar-refractivity contribution in [3.8, 4) is 11.1 Å². The lowest BCUT2D eigenvalue weighted by Gasteiger charge is -2.21. The lowest BCUT2D eigenvalue weighted by Crippen LogP contribution is -2.16. The molecule has 29 heavy (non-hydrogen) atoms. The van der Waals surface area contributed by atoms with Crippen LogP contribution in [0.5, 0.6) is 0 Å². The number of nitrogens with one attached hydrogen (secondary N) is 1. The van der Waals surface area contributed by atoms with E-state index in [0.29, 0.717) is 11.5 Å². The van der Waals surface area contributed by atoms with Gasteiger partial charge in [0.15, 0.2) is 0 Å². The predicted molar refractivity (Wildman–Crippen MR) is 125 cm³/mol. The zero-order valence-corrected chi connectivity index (χ0v) is 18.3. The van der Waals surface area contributed by atoms with E-state index in [0.717, 1.165) is 53.6 Å². The fraction of sp³-hybridized carbons (Fsp3) is 0.333. The van der Waals surface area contributed by atoms with Crippen LogP contribution in [0.3, 0.4) is 0 Å². The zero-order valence-electron chi connectivity index (χ0n) is 18.3. The maximum absolute atomic E-state index is 14.6. The summed E-state index contributed by atoms with van der Waals surface area (Å²) in [6.45, 7) is 14.5. The van der Waals surface area contributed by atoms with Crippen molar-refractivity contribution >= 4 is 5.57 Å². The zero-order chi connectivity index (χ0) is 21.4. The minimum absolute atomic E-state index is 0.173. The number of hydrogen-bond acceptors (Lipinski definition) is 1.